The average Bonchev–Trinajstić information content (AvgIpc) is 2.85. The highest BCUT2D eigenvalue weighted by atomic mass is 16.5. The Morgan fingerprint density at radius 2 is 2.12 bits per heavy atom. The summed E-state index contributed by atoms with van der Waals surface area (Å²) in [6.07, 6.45) is 4.21. The minimum atomic E-state index is 0.115. The Balaban J connectivity index is 1.75. The first-order chi connectivity index (χ1) is 7.64. The van der Waals surface area contributed by atoms with E-state index in [9.17, 15) is 0 Å². The van der Waals surface area contributed by atoms with Crippen LogP contribution in [0.4, 0.5) is 0 Å². The largest absolute Gasteiger partial charge is 0.377 e. The molecule has 2 fully saturated rings. The maximum Gasteiger partial charge on any atom is 0.0726 e. The first-order valence-corrected chi connectivity index (χ1v) is 6.36. The van der Waals surface area contributed by atoms with Crippen LogP contribution in [0.25, 0.3) is 0 Å². The molecule has 4 atom stereocenters. The van der Waals surface area contributed by atoms with Crippen LogP contribution >= 0.6 is 0 Å². The highest BCUT2D eigenvalue weighted by molar-refractivity contribution is 4.94. The van der Waals surface area contributed by atoms with Gasteiger partial charge in [0.1, 0.15) is 0 Å². The van der Waals surface area contributed by atoms with Crippen LogP contribution in [0, 0.1) is 0 Å². The molecular formula is C12H24N2O2. The predicted octanol–water partition coefficient (Wildman–Crippen LogP) is 0.650. The van der Waals surface area contributed by atoms with Crippen molar-refractivity contribution in [2.24, 2.45) is 5.73 Å². The van der Waals surface area contributed by atoms with Crippen LogP contribution in [0.3, 0.4) is 0 Å². The summed E-state index contributed by atoms with van der Waals surface area (Å²) >= 11 is 0. The highest BCUT2D eigenvalue weighted by Gasteiger charge is 2.37. The second-order valence-electron chi connectivity index (χ2n) is 5.25. The van der Waals surface area contributed by atoms with Gasteiger partial charge in [0.15, 0.2) is 0 Å². The molecule has 0 aromatic rings. The van der Waals surface area contributed by atoms with Crippen molar-refractivity contribution in [1.82, 2.24) is 5.32 Å². The van der Waals surface area contributed by atoms with Gasteiger partial charge in [-0.25, -0.2) is 0 Å². The van der Waals surface area contributed by atoms with Crippen LogP contribution in [0.5, 0.6) is 0 Å². The summed E-state index contributed by atoms with van der Waals surface area (Å²) in [5.74, 6) is 0. The van der Waals surface area contributed by atoms with Gasteiger partial charge in [0, 0.05) is 25.2 Å². The van der Waals surface area contributed by atoms with Crippen molar-refractivity contribution in [1.29, 1.82) is 0 Å². The monoisotopic (exact) mass is 228 g/mol. The molecule has 0 aromatic carbocycles. The minimum absolute atomic E-state index is 0.115. The molecule has 0 amide bonds. The van der Waals surface area contributed by atoms with Gasteiger partial charge in [0.2, 0.25) is 0 Å². The van der Waals surface area contributed by atoms with Gasteiger partial charge in [-0.15, -0.1) is 0 Å². The fraction of sp³-hybridized carbons (Fsp3) is 1.00. The molecule has 94 valence electrons. The maximum absolute atomic E-state index is 5.82. The van der Waals surface area contributed by atoms with Crippen molar-refractivity contribution < 1.29 is 9.47 Å². The molecule has 0 spiro atoms. The van der Waals surface area contributed by atoms with E-state index in [1.54, 1.807) is 0 Å². The van der Waals surface area contributed by atoms with Crippen molar-refractivity contribution in [3.8, 4) is 0 Å². The van der Waals surface area contributed by atoms with Gasteiger partial charge in [0.05, 0.1) is 18.3 Å². The summed E-state index contributed by atoms with van der Waals surface area (Å²) in [4.78, 5) is 0. The van der Waals surface area contributed by atoms with Gasteiger partial charge < -0.3 is 20.5 Å². The predicted molar refractivity (Wildman–Crippen MR) is 63.4 cm³/mol. The molecule has 16 heavy (non-hydrogen) atoms. The third-order valence-corrected chi connectivity index (χ3v) is 4.08. The average molecular weight is 228 g/mol. The van der Waals surface area contributed by atoms with E-state index in [4.69, 9.17) is 15.2 Å². The quantitative estimate of drug-likeness (QED) is 0.742. The lowest BCUT2D eigenvalue weighted by molar-refractivity contribution is 0.0383. The first-order valence-electron chi connectivity index (χ1n) is 6.36. The number of hydrogen-bond acceptors (Lipinski definition) is 4. The maximum atomic E-state index is 5.82. The zero-order valence-electron chi connectivity index (χ0n) is 10.4. The molecule has 2 aliphatic rings. The molecule has 2 heterocycles. The second kappa shape index (κ2) is 5.00. The van der Waals surface area contributed by atoms with Gasteiger partial charge >= 0.3 is 0 Å². The standard InChI is InChI=1S/C12H24N2O2/c1-9-12(2,5-6-15-9)14-8-11-4-3-10(7-13)16-11/h9-11,14H,3-8,13H2,1-2H3. The Labute approximate surface area is 97.9 Å². The molecule has 2 aliphatic heterocycles. The van der Waals surface area contributed by atoms with Crippen molar-refractivity contribution in [2.75, 3.05) is 19.7 Å². The molecule has 4 unspecified atom stereocenters. The molecule has 0 radical (unpaired) electrons. The summed E-state index contributed by atoms with van der Waals surface area (Å²) in [6, 6.07) is 0. The normalized spacial score (nSPS) is 44.1. The topological polar surface area (TPSA) is 56.5 Å². The second-order valence-corrected chi connectivity index (χ2v) is 5.25. The van der Waals surface area contributed by atoms with Crippen LogP contribution in [0.2, 0.25) is 0 Å². The Morgan fingerprint density at radius 1 is 1.38 bits per heavy atom. The lowest BCUT2D eigenvalue weighted by Crippen LogP contribution is -2.50. The molecule has 2 rings (SSSR count). The zero-order valence-corrected chi connectivity index (χ0v) is 10.4. The van der Waals surface area contributed by atoms with Crippen molar-refractivity contribution in [3.63, 3.8) is 0 Å². The van der Waals surface area contributed by atoms with Crippen LogP contribution in [0.15, 0.2) is 0 Å². The molecule has 0 aromatic heterocycles. The third-order valence-electron chi connectivity index (χ3n) is 4.08. The van der Waals surface area contributed by atoms with Crippen molar-refractivity contribution in [2.45, 2.75) is 57.0 Å². The Kier molecular flexibility index (Phi) is 3.85. The van der Waals surface area contributed by atoms with E-state index in [1.807, 2.05) is 0 Å². The zero-order chi connectivity index (χ0) is 11.6. The number of nitrogens with two attached hydrogens (primary N) is 1. The van der Waals surface area contributed by atoms with Gasteiger partial charge in [-0.3, -0.25) is 0 Å². The van der Waals surface area contributed by atoms with E-state index in [-0.39, 0.29) is 11.6 Å². The minimum Gasteiger partial charge on any atom is -0.377 e. The van der Waals surface area contributed by atoms with Gasteiger partial charge in [-0.2, -0.15) is 0 Å². The number of hydrogen-bond donors (Lipinski definition) is 2. The highest BCUT2D eigenvalue weighted by Crippen LogP contribution is 2.26. The van der Waals surface area contributed by atoms with Gasteiger partial charge in [-0.1, -0.05) is 0 Å². The summed E-state index contributed by atoms with van der Waals surface area (Å²) in [7, 11) is 0. The number of rotatable bonds is 4. The SMILES string of the molecule is CC1OCCC1(C)NCC1CCC(CN)O1. The summed E-state index contributed by atoms with van der Waals surface area (Å²) in [5, 5.41) is 3.60. The number of nitrogens with one attached hydrogen (secondary N) is 1. The third kappa shape index (κ3) is 2.56. The van der Waals surface area contributed by atoms with E-state index >= 15 is 0 Å². The Bertz CT molecular complexity index is 237. The lowest BCUT2D eigenvalue weighted by Gasteiger charge is -2.30. The molecule has 2 saturated heterocycles. The van der Waals surface area contributed by atoms with Crippen LogP contribution < -0.4 is 11.1 Å². The molecular weight excluding hydrogens is 204 g/mol. The summed E-state index contributed by atoms with van der Waals surface area (Å²) in [5.41, 5.74) is 5.71. The summed E-state index contributed by atoms with van der Waals surface area (Å²) in [6.45, 7) is 6.80. The fourth-order valence-corrected chi connectivity index (χ4v) is 2.52. The molecule has 4 nitrogen and oxygen atoms in total. The van der Waals surface area contributed by atoms with Gasteiger partial charge in [0.25, 0.3) is 0 Å². The van der Waals surface area contributed by atoms with Crippen molar-refractivity contribution in [3.05, 3.63) is 0 Å². The van der Waals surface area contributed by atoms with E-state index in [0.717, 1.165) is 32.4 Å². The van der Waals surface area contributed by atoms with Gasteiger partial charge in [-0.05, 0) is 33.1 Å². The van der Waals surface area contributed by atoms with E-state index in [2.05, 4.69) is 19.2 Å². The molecule has 4 heteroatoms. The van der Waals surface area contributed by atoms with E-state index < -0.39 is 0 Å². The summed E-state index contributed by atoms with van der Waals surface area (Å²) < 4.78 is 11.4. The number of ether oxygens (including phenoxy) is 2. The lowest BCUT2D eigenvalue weighted by atomic mass is 9.94. The van der Waals surface area contributed by atoms with Crippen LogP contribution in [-0.2, 0) is 9.47 Å². The van der Waals surface area contributed by atoms with Crippen LogP contribution in [0.1, 0.15) is 33.1 Å². The van der Waals surface area contributed by atoms with E-state index in [1.165, 1.54) is 0 Å². The molecule has 0 bridgehead atoms. The molecule has 3 N–H and O–H groups in total. The fourth-order valence-electron chi connectivity index (χ4n) is 2.52. The Morgan fingerprint density at radius 3 is 2.69 bits per heavy atom. The van der Waals surface area contributed by atoms with E-state index in [0.29, 0.717) is 18.8 Å². The molecule has 0 saturated carbocycles. The molecule has 0 aliphatic carbocycles. The smallest absolute Gasteiger partial charge is 0.0726 e. The Hall–Kier alpha value is -0.160. The van der Waals surface area contributed by atoms with Crippen molar-refractivity contribution >= 4 is 0 Å². The van der Waals surface area contributed by atoms with Crippen LogP contribution in [-0.4, -0.2) is 43.5 Å². The first kappa shape index (κ1) is 12.3.